The molecule has 0 aliphatic carbocycles. The highest BCUT2D eigenvalue weighted by molar-refractivity contribution is 5.14. The molecule has 1 aromatic carbocycles. The Kier molecular flexibility index (Phi) is 6.91. The summed E-state index contributed by atoms with van der Waals surface area (Å²) in [4.78, 5) is 0. The van der Waals surface area contributed by atoms with Crippen LogP contribution in [-0.2, 0) is 13.0 Å². The third kappa shape index (κ3) is 5.71. The van der Waals surface area contributed by atoms with Gasteiger partial charge in [-0.15, -0.1) is 0 Å². The lowest BCUT2D eigenvalue weighted by Gasteiger charge is -2.21. The Morgan fingerprint density at radius 3 is 2.46 bits per heavy atom. The highest BCUT2D eigenvalue weighted by Gasteiger charge is 2.20. The fourth-order valence-electron chi connectivity index (χ4n) is 2.86. The molecule has 1 aromatic heterocycles. The van der Waals surface area contributed by atoms with E-state index in [1.165, 1.54) is 0 Å². The summed E-state index contributed by atoms with van der Waals surface area (Å²) in [6, 6.07) is 11.0. The van der Waals surface area contributed by atoms with Crippen LogP contribution in [0.15, 0.2) is 36.4 Å². The summed E-state index contributed by atoms with van der Waals surface area (Å²) in [5.41, 5.74) is 3.19. The summed E-state index contributed by atoms with van der Waals surface area (Å²) in [7, 11) is 0. The van der Waals surface area contributed by atoms with Gasteiger partial charge in [-0.3, -0.25) is 4.68 Å². The molecule has 0 radical (unpaired) electrons. The first kappa shape index (κ1) is 18.6. The number of aryl methyl sites for hydroxylation is 3. The molecule has 132 valence electrons. The molecular weight excluding hydrogens is 308 g/mol. The Morgan fingerprint density at radius 2 is 1.88 bits per heavy atom. The first-order valence-corrected chi connectivity index (χ1v) is 8.52. The van der Waals surface area contributed by atoms with Gasteiger partial charge in [-0.2, -0.15) is 5.10 Å². The summed E-state index contributed by atoms with van der Waals surface area (Å²) in [6.07, 6.45) is -1.25. The Bertz CT molecular complexity index is 610. The van der Waals surface area contributed by atoms with E-state index in [4.69, 9.17) is 0 Å². The Labute approximate surface area is 143 Å². The van der Waals surface area contributed by atoms with Crippen molar-refractivity contribution in [2.75, 3.05) is 6.54 Å². The molecule has 24 heavy (non-hydrogen) atoms. The van der Waals surface area contributed by atoms with Gasteiger partial charge >= 0.3 is 0 Å². The van der Waals surface area contributed by atoms with Crippen LogP contribution < -0.4 is 5.32 Å². The predicted octanol–water partition coefficient (Wildman–Crippen LogP) is 3.99. The lowest BCUT2D eigenvalue weighted by atomic mass is 10.0. The van der Waals surface area contributed by atoms with E-state index in [1.807, 2.05) is 54.9 Å². The van der Waals surface area contributed by atoms with Crippen LogP contribution in [0, 0.1) is 19.8 Å². The number of nitrogens with one attached hydrogen (secondary N) is 1. The van der Waals surface area contributed by atoms with Gasteiger partial charge in [0.2, 0.25) is 0 Å². The highest BCUT2D eigenvalue weighted by Crippen LogP contribution is 2.12. The van der Waals surface area contributed by atoms with Gasteiger partial charge in [0.1, 0.15) is 0 Å². The average molecular weight is 335 g/mol. The minimum atomic E-state index is -2.35. The van der Waals surface area contributed by atoms with Crippen LogP contribution >= 0.6 is 0 Å². The molecule has 2 atom stereocenters. The highest BCUT2D eigenvalue weighted by atomic mass is 19.3. The van der Waals surface area contributed by atoms with Gasteiger partial charge in [0.05, 0.1) is 11.7 Å². The van der Waals surface area contributed by atoms with Crippen molar-refractivity contribution in [1.82, 2.24) is 15.1 Å². The fourth-order valence-corrected chi connectivity index (χ4v) is 2.86. The summed E-state index contributed by atoms with van der Waals surface area (Å²) in [5, 5.41) is 7.47. The van der Waals surface area contributed by atoms with Crippen LogP contribution in [-0.4, -0.2) is 28.8 Å². The normalized spacial score (nSPS) is 14.1. The van der Waals surface area contributed by atoms with Crippen LogP contribution in [0.3, 0.4) is 0 Å². The number of hydrogen-bond acceptors (Lipinski definition) is 2. The first-order valence-electron chi connectivity index (χ1n) is 8.52. The molecule has 0 saturated heterocycles. The lowest BCUT2D eigenvalue weighted by Crippen LogP contribution is -2.39. The fraction of sp³-hybridized carbons (Fsp3) is 0.526. The summed E-state index contributed by atoms with van der Waals surface area (Å²) >= 11 is 0. The van der Waals surface area contributed by atoms with Gasteiger partial charge in [0.15, 0.2) is 0 Å². The van der Waals surface area contributed by atoms with E-state index in [2.05, 4.69) is 17.3 Å². The maximum Gasteiger partial charge on any atom is 0.253 e. The smallest absolute Gasteiger partial charge is 0.253 e. The molecule has 2 rings (SSSR count). The monoisotopic (exact) mass is 335 g/mol. The van der Waals surface area contributed by atoms with E-state index in [-0.39, 0.29) is 5.92 Å². The molecule has 1 heterocycles. The van der Waals surface area contributed by atoms with E-state index in [0.717, 1.165) is 23.5 Å². The quantitative estimate of drug-likeness (QED) is 0.751. The predicted molar refractivity (Wildman–Crippen MR) is 93.4 cm³/mol. The third-order valence-corrected chi connectivity index (χ3v) is 4.21. The minimum Gasteiger partial charge on any atom is -0.309 e. The second-order valence-electron chi connectivity index (χ2n) is 6.59. The van der Waals surface area contributed by atoms with E-state index in [9.17, 15) is 8.78 Å². The van der Waals surface area contributed by atoms with Crippen molar-refractivity contribution in [3.63, 3.8) is 0 Å². The number of halogens is 2. The molecular formula is C19H27F2N3. The zero-order valence-corrected chi connectivity index (χ0v) is 14.7. The van der Waals surface area contributed by atoms with Crippen molar-refractivity contribution < 1.29 is 8.78 Å². The molecule has 0 aliphatic rings. The summed E-state index contributed by atoms with van der Waals surface area (Å²) in [5.74, 6) is 0.237. The Morgan fingerprint density at radius 1 is 1.17 bits per heavy atom. The van der Waals surface area contributed by atoms with Crippen molar-refractivity contribution in [2.24, 2.45) is 5.92 Å². The first-order chi connectivity index (χ1) is 11.5. The average Bonchev–Trinajstić information content (AvgIpc) is 2.85. The number of nitrogens with zero attached hydrogens (tertiary/aromatic N) is 2. The second kappa shape index (κ2) is 8.92. The second-order valence-corrected chi connectivity index (χ2v) is 6.59. The topological polar surface area (TPSA) is 29.9 Å². The maximum atomic E-state index is 13.3. The van der Waals surface area contributed by atoms with Gasteiger partial charge in [-0.1, -0.05) is 37.3 Å². The molecule has 0 fully saturated rings. The molecule has 5 heteroatoms. The minimum absolute atomic E-state index is 0.237. The van der Waals surface area contributed by atoms with Crippen LogP contribution in [0.25, 0.3) is 0 Å². The molecule has 0 unspecified atom stereocenters. The van der Waals surface area contributed by atoms with Gasteiger partial charge in [0.25, 0.3) is 6.43 Å². The van der Waals surface area contributed by atoms with Crippen molar-refractivity contribution in [3.8, 4) is 0 Å². The number of alkyl halides is 2. The number of aromatic nitrogens is 2. The van der Waals surface area contributed by atoms with Gasteiger partial charge in [-0.05, 0) is 50.8 Å². The third-order valence-electron chi connectivity index (χ3n) is 4.21. The molecule has 0 amide bonds. The Hall–Kier alpha value is -1.75. The van der Waals surface area contributed by atoms with Crippen LogP contribution in [0.2, 0.25) is 0 Å². The number of hydrogen-bond donors (Lipinski definition) is 1. The standard InChI is InChI=1S/C19H27F2N3/c1-14(13-24-16(3)11-15(2)23-24)12-22-18(19(20)21)10-9-17-7-5-4-6-8-17/h4-8,11,14,18-19,22H,9-10,12-13H2,1-3H3/t14-,18+/m0/s1. The van der Waals surface area contributed by atoms with E-state index in [0.29, 0.717) is 19.4 Å². The number of benzene rings is 1. The zero-order valence-electron chi connectivity index (χ0n) is 14.7. The van der Waals surface area contributed by atoms with Crippen molar-refractivity contribution in [1.29, 1.82) is 0 Å². The maximum absolute atomic E-state index is 13.3. The summed E-state index contributed by atoms with van der Waals surface area (Å²) < 4.78 is 28.5. The SMILES string of the molecule is Cc1cc(C)n(C[C@@H](C)CN[C@H](CCc2ccccc2)C(F)F)n1. The van der Waals surface area contributed by atoms with Crippen molar-refractivity contribution in [3.05, 3.63) is 53.3 Å². The zero-order chi connectivity index (χ0) is 17.5. The summed E-state index contributed by atoms with van der Waals surface area (Å²) in [6.45, 7) is 7.33. The molecule has 2 aromatic rings. The van der Waals surface area contributed by atoms with Gasteiger partial charge in [0, 0.05) is 12.2 Å². The van der Waals surface area contributed by atoms with Crippen LogP contribution in [0.5, 0.6) is 0 Å². The molecule has 0 spiro atoms. The number of rotatable bonds is 9. The molecule has 3 nitrogen and oxygen atoms in total. The van der Waals surface area contributed by atoms with E-state index in [1.54, 1.807) is 0 Å². The largest absolute Gasteiger partial charge is 0.309 e. The van der Waals surface area contributed by atoms with Crippen molar-refractivity contribution >= 4 is 0 Å². The molecule has 0 saturated carbocycles. The molecule has 0 aliphatic heterocycles. The molecule has 0 bridgehead atoms. The van der Waals surface area contributed by atoms with Crippen LogP contribution in [0.4, 0.5) is 8.78 Å². The van der Waals surface area contributed by atoms with Gasteiger partial charge in [-0.25, -0.2) is 8.78 Å². The van der Waals surface area contributed by atoms with Crippen LogP contribution in [0.1, 0.15) is 30.3 Å². The Balaban J connectivity index is 1.81. The van der Waals surface area contributed by atoms with E-state index < -0.39 is 12.5 Å². The molecule has 1 N–H and O–H groups in total. The van der Waals surface area contributed by atoms with Gasteiger partial charge < -0.3 is 5.32 Å². The van der Waals surface area contributed by atoms with E-state index >= 15 is 0 Å². The van der Waals surface area contributed by atoms with Crippen molar-refractivity contribution in [2.45, 2.75) is 52.6 Å². The lowest BCUT2D eigenvalue weighted by molar-refractivity contribution is 0.0917.